The first-order valence-corrected chi connectivity index (χ1v) is 22.6. The molecular weight excluding hydrogens is 777 g/mol. The van der Waals surface area contributed by atoms with Gasteiger partial charge in [0.15, 0.2) is 5.78 Å². The molecule has 13 heteroatoms. The quantitative estimate of drug-likeness (QED) is 0.0986. The van der Waals surface area contributed by atoms with E-state index in [-0.39, 0.29) is 44.6 Å². The van der Waals surface area contributed by atoms with E-state index >= 15 is 0 Å². The fourth-order valence-corrected chi connectivity index (χ4v) is 10.2. The number of rotatable bonds is 11. The number of fused-ring (bicyclic) bond motifs is 6. The number of ketones is 1. The SMILES string of the molecule is CC1(C)/C(=C\C=C2/CC(C(=O)O)C/C(=C\C=C3\N(CCCS(=O)(=O)O)c4ccc5ccccc5c4C3(C)C)C2=O)N(CCCS(=O)(=O)O)c2ccc3ccccc3c21. The Hall–Kier alpha value is -5.08. The Kier molecular flexibility index (Phi) is 10.8. The number of Topliss-reactive ketones (excluding diaryl/α,β-unsaturated/α-hetero) is 1. The molecule has 0 amide bonds. The van der Waals surface area contributed by atoms with E-state index in [1.807, 2.05) is 94.7 Å². The average molecular weight is 825 g/mol. The third-order valence-electron chi connectivity index (χ3n) is 11.8. The maximum absolute atomic E-state index is 14.3. The van der Waals surface area contributed by atoms with Crippen LogP contribution in [0.3, 0.4) is 0 Å². The van der Waals surface area contributed by atoms with Crippen LogP contribution in [-0.4, -0.2) is 67.4 Å². The van der Waals surface area contributed by atoms with Crippen molar-refractivity contribution in [3.05, 3.63) is 131 Å². The Morgan fingerprint density at radius 1 is 0.655 bits per heavy atom. The normalized spacial score (nSPS) is 21.8. The van der Waals surface area contributed by atoms with Crippen molar-refractivity contribution in [3.63, 3.8) is 0 Å². The molecule has 4 aromatic rings. The highest BCUT2D eigenvalue weighted by atomic mass is 32.2. The van der Waals surface area contributed by atoms with E-state index < -0.39 is 54.5 Å². The van der Waals surface area contributed by atoms with Crippen molar-refractivity contribution in [3.8, 4) is 0 Å². The summed E-state index contributed by atoms with van der Waals surface area (Å²) in [6.45, 7) is 8.83. The summed E-state index contributed by atoms with van der Waals surface area (Å²) in [6, 6.07) is 24.0. The average Bonchev–Trinajstić information content (AvgIpc) is 3.51. The van der Waals surface area contributed by atoms with E-state index in [0.29, 0.717) is 11.1 Å². The van der Waals surface area contributed by atoms with Crippen LogP contribution < -0.4 is 9.80 Å². The summed E-state index contributed by atoms with van der Waals surface area (Å²) < 4.78 is 65.8. The van der Waals surface area contributed by atoms with Gasteiger partial charge in [0.25, 0.3) is 20.2 Å². The molecule has 0 atom stereocenters. The molecule has 11 nitrogen and oxygen atoms in total. The van der Waals surface area contributed by atoms with Gasteiger partial charge in [-0.05, 0) is 82.6 Å². The number of carboxylic acid groups (broad SMARTS) is 1. The molecule has 0 aromatic heterocycles. The maximum Gasteiger partial charge on any atom is 0.307 e. The Balaban J connectivity index is 1.29. The molecule has 7 rings (SSSR count). The van der Waals surface area contributed by atoms with Crippen LogP contribution >= 0.6 is 0 Å². The van der Waals surface area contributed by atoms with Crippen LogP contribution in [0.15, 0.2) is 120 Å². The molecule has 3 N–H and O–H groups in total. The van der Waals surface area contributed by atoms with Crippen molar-refractivity contribution in [2.75, 3.05) is 34.4 Å². The van der Waals surface area contributed by atoms with E-state index in [1.165, 1.54) is 0 Å². The molecule has 0 spiro atoms. The minimum absolute atomic E-state index is 0.0234. The number of carbonyl (C=O) groups excluding carboxylic acids is 1. The highest BCUT2D eigenvalue weighted by Gasteiger charge is 2.43. The number of carbonyl (C=O) groups is 2. The third-order valence-corrected chi connectivity index (χ3v) is 13.4. The first-order valence-electron chi connectivity index (χ1n) is 19.4. The van der Waals surface area contributed by atoms with Gasteiger partial charge in [-0.3, -0.25) is 18.7 Å². The molecule has 0 unspecified atom stereocenters. The Bertz CT molecular complexity index is 2530. The van der Waals surface area contributed by atoms with Gasteiger partial charge in [0.1, 0.15) is 0 Å². The van der Waals surface area contributed by atoms with E-state index in [4.69, 9.17) is 0 Å². The third kappa shape index (κ3) is 7.88. The van der Waals surface area contributed by atoms with Crippen LogP contribution in [0.2, 0.25) is 0 Å². The maximum atomic E-state index is 14.3. The Labute approximate surface area is 339 Å². The van der Waals surface area contributed by atoms with Gasteiger partial charge in [0.05, 0.1) is 17.4 Å². The summed E-state index contributed by atoms with van der Waals surface area (Å²) in [4.78, 5) is 31.0. The van der Waals surface area contributed by atoms with Gasteiger partial charge in [-0.25, -0.2) is 0 Å². The zero-order valence-corrected chi connectivity index (χ0v) is 34.6. The molecule has 1 saturated carbocycles. The van der Waals surface area contributed by atoms with Crippen molar-refractivity contribution in [1.29, 1.82) is 0 Å². The second kappa shape index (κ2) is 15.3. The first kappa shape index (κ1) is 41.1. The van der Waals surface area contributed by atoms with Crippen LogP contribution in [-0.2, 0) is 40.7 Å². The van der Waals surface area contributed by atoms with E-state index in [9.17, 15) is 40.6 Å². The lowest BCUT2D eigenvalue weighted by molar-refractivity contribution is -0.142. The van der Waals surface area contributed by atoms with Crippen LogP contribution in [0.25, 0.3) is 21.5 Å². The van der Waals surface area contributed by atoms with Gasteiger partial charge in [0, 0.05) is 57.8 Å². The predicted molar refractivity (Wildman–Crippen MR) is 228 cm³/mol. The molecule has 304 valence electrons. The zero-order chi connectivity index (χ0) is 41.8. The first-order chi connectivity index (χ1) is 27.3. The van der Waals surface area contributed by atoms with E-state index in [0.717, 1.165) is 55.4 Å². The largest absolute Gasteiger partial charge is 0.481 e. The van der Waals surface area contributed by atoms with Crippen LogP contribution in [0.5, 0.6) is 0 Å². The van der Waals surface area contributed by atoms with E-state index in [1.54, 1.807) is 12.2 Å². The summed E-state index contributed by atoms with van der Waals surface area (Å²) in [7, 11) is -8.39. The summed E-state index contributed by atoms with van der Waals surface area (Å²) in [5, 5.41) is 14.4. The summed E-state index contributed by atoms with van der Waals surface area (Å²) in [6.07, 6.45) is 7.43. The Morgan fingerprint density at radius 2 is 1.05 bits per heavy atom. The molecule has 0 radical (unpaired) electrons. The number of hydrogen-bond acceptors (Lipinski definition) is 8. The number of hydrogen-bond donors (Lipinski definition) is 3. The zero-order valence-electron chi connectivity index (χ0n) is 33.0. The lowest BCUT2D eigenvalue weighted by Crippen LogP contribution is -2.29. The molecule has 4 aromatic carbocycles. The lowest BCUT2D eigenvalue weighted by atomic mass is 9.78. The number of benzene rings is 4. The van der Waals surface area contributed by atoms with Crippen molar-refractivity contribution in [2.45, 2.75) is 64.2 Å². The van der Waals surface area contributed by atoms with Crippen LogP contribution in [0.4, 0.5) is 11.4 Å². The fourth-order valence-electron chi connectivity index (χ4n) is 9.18. The highest BCUT2D eigenvalue weighted by Crippen LogP contribution is 2.52. The van der Waals surface area contributed by atoms with Gasteiger partial charge < -0.3 is 14.9 Å². The van der Waals surface area contributed by atoms with Gasteiger partial charge >= 0.3 is 5.97 Å². The molecule has 2 heterocycles. The monoisotopic (exact) mass is 824 g/mol. The van der Waals surface area contributed by atoms with Gasteiger partial charge in [-0.15, -0.1) is 0 Å². The molecule has 58 heavy (non-hydrogen) atoms. The van der Waals surface area contributed by atoms with Crippen molar-refractivity contribution in [2.24, 2.45) is 5.92 Å². The summed E-state index contributed by atoms with van der Waals surface area (Å²) in [5.41, 5.74) is 4.95. The van der Waals surface area contributed by atoms with Crippen LogP contribution in [0, 0.1) is 5.92 Å². The molecule has 2 aliphatic heterocycles. The lowest BCUT2D eigenvalue weighted by Gasteiger charge is -2.28. The van der Waals surface area contributed by atoms with Gasteiger partial charge in [-0.1, -0.05) is 101 Å². The van der Waals surface area contributed by atoms with Crippen molar-refractivity contribution < 1.29 is 40.6 Å². The topological polar surface area (TPSA) is 170 Å². The van der Waals surface area contributed by atoms with Crippen LogP contribution in [0.1, 0.15) is 64.5 Å². The van der Waals surface area contributed by atoms with Crippen molar-refractivity contribution in [1.82, 2.24) is 0 Å². The second-order valence-corrected chi connectivity index (χ2v) is 19.6. The fraction of sp³-hybridized carbons (Fsp3) is 0.333. The molecule has 1 fully saturated rings. The minimum atomic E-state index is -4.20. The second-order valence-electron chi connectivity index (χ2n) is 16.5. The molecule has 0 bridgehead atoms. The van der Waals surface area contributed by atoms with E-state index in [2.05, 4.69) is 27.7 Å². The van der Waals surface area contributed by atoms with Crippen molar-refractivity contribution >= 4 is 64.9 Å². The summed E-state index contributed by atoms with van der Waals surface area (Å²) >= 11 is 0. The molecular formula is C45H48N2O9S2. The van der Waals surface area contributed by atoms with Gasteiger partial charge in [0.2, 0.25) is 0 Å². The minimum Gasteiger partial charge on any atom is -0.481 e. The van der Waals surface area contributed by atoms with Gasteiger partial charge in [-0.2, -0.15) is 16.8 Å². The summed E-state index contributed by atoms with van der Waals surface area (Å²) in [5.74, 6) is -3.00. The number of allylic oxidation sites excluding steroid dienone is 8. The molecule has 1 aliphatic carbocycles. The smallest absolute Gasteiger partial charge is 0.307 e. The standard InChI is InChI=1S/C45H48N2O9S2/c1-44(2)38(46(23-9-25-57(51,52)53)36-19-15-29-11-5-7-13-34(29)40(36)44)21-17-31-27-33(43(49)50)28-32(42(31)48)18-22-39-45(3,4)41-35-14-8-6-12-30(35)16-20-37(41)47(39)24-10-26-58(54,55)56/h5-8,11-22,33H,9-10,23-28H2,1-4H3,(H,49,50)(H,51,52,53)(H,54,55,56)/b31-17+,32-18+,38-21+,39-22+. The number of nitrogens with zero attached hydrogens (tertiary/aromatic N) is 2. The predicted octanol–water partition coefficient (Wildman–Crippen LogP) is 8.13. The number of carboxylic acids is 1. The number of aliphatic carboxylic acids is 1. The number of anilines is 2. The molecule has 0 saturated heterocycles. The highest BCUT2D eigenvalue weighted by molar-refractivity contribution is 7.86. The molecule has 3 aliphatic rings. The Morgan fingerprint density at radius 3 is 1.43 bits per heavy atom.